The van der Waals surface area contributed by atoms with E-state index in [4.69, 9.17) is 17.3 Å². The lowest BCUT2D eigenvalue weighted by molar-refractivity contribution is -0.167. The van der Waals surface area contributed by atoms with E-state index >= 15 is 0 Å². The molecule has 2 aliphatic rings. The predicted molar refractivity (Wildman–Crippen MR) is 125 cm³/mol. The van der Waals surface area contributed by atoms with Gasteiger partial charge in [-0.2, -0.15) is 4.31 Å². The zero-order valence-corrected chi connectivity index (χ0v) is 20.0. The number of benzene rings is 2. The Morgan fingerprint density at radius 2 is 1.64 bits per heavy atom. The standard InChI is InChI=1S/C23H27ClN4O4S/c1-15(2)26-14-21-27(33(31,32)18-6-4-3-5-7-18)13-19(25)22(29)28(21)20(23(26)30)12-16-8-10-17(24)11-9-16/h3-11,15,19-21H,12-14,25H2,1-2H3. The molecule has 0 bridgehead atoms. The van der Waals surface area contributed by atoms with Crippen LogP contribution in [0.25, 0.3) is 0 Å². The number of sulfonamides is 1. The number of nitrogens with zero attached hydrogens (tertiary/aromatic N) is 3. The van der Waals surface area contributed by atoms with E-state index in [1.54, 1.807) is 47.4 Å². The summed E-state index contributed by atoms with van der Waals surface area (Å²) in [4.78, 5) is 29.8. The zero-order valence-electron chi connectivity index (χ0n) is 18.5. The minimum atomic E-state index is -3.95. The van der Waals surface area contributed by atoms with Crippen LogP contribution in [0.1, 0.15) is 19.4 Å². The summed E-state index contributed by atoms with van der Waals surface area (Å²) in [5, 5.41) is 0.562. The molecular weight excluding hydrogens is 464 g/mol. The van der Waals surface area contributed by atoms with Gasteiger partial charge in [0.05, 0.1) is 17.5 Å². The molecule has 2 heterocycles. The first kappa shape index (κ1) is 23.7. The second-order valence-corrected chi connectivity index (χ2v) is 11.0. The van der Waals surface area contributed by atoms with Gasteiger partial charge in [-0.05, 0) is 43.7 Å². The Balaban J connectivity index is 1.78. The van der Waals surface area contributed by atoms with E-state index in [0.717, 1.165) is 5.56 Å². The van der Waals surface area contributed by atoms with Crippen LogP contribution in [0.5, 0.6) is 0 Å². The highest BCUT2D eigenvalue weighted by Gasteiger charge is 2.53. The summed E-state index contributed by atoms with van der Waals surface area (Å²) in [6, 6.07) is 13.0. The Morgan fingerprint density at radius 1 is 1.00 bits per heavy atom. The molecule has 0 aromatic heterocycles. The second kappa shape index (κ2) is 9.06. The first-order chi connectivity index (χ1) is 15.6. The van der Waals surface area contributed by atoms with Gasteiger partial charge in [0, 0.05) is 24.0 Å². The summed E-state index contributed by atoms with van der Waals surface area (Å²) >= 11 is 6.00. The molecule has 0 saturated carbocycles. The van der Waals surface area contributed by atoms with Gasteiger partial charge in [-0.25, -0.2) is 8.42 Å². The van der Waals surface area contributed by atoms with Crippen molar-refractivity contribution in [3.05, 3.63) is 65.2 Å². The van der Waals surface area contributed by atoms with Gasteiger partial charge in [-0.15, -0.1) is 0 Å². The summed E-state index contributed by atoms with van der Waals surface area (Å²) < 4.78 is 28.4. The molecule has 8 nitrogen and oxygen atoms in total. The molecule has 2 N–H and O–H groups in total. The third-order valence-electron chi connectivity index (χ3n) is 6.18. The summed E-state index contributed by atoms with van der Waals surface area (Å²) in [5.74, 6) is -0.647. The first-order valence-corrected chi connectivity index (χ1v) is 12.6. The van der Waals surface area contributed by atoms with Crippen molar-refractivity contribution in [3.63, 3.8) is 0 Å². The van der Waals surface area contributed by atoms with Crippen molar-refractivity contribution < 1.29 is 18.0 Å². The van der Waals surface area contributed by atoms with Crippen LogP contribution in [0.3, 0.4) is 0 Å². The van der Waals surface area contributed by atoms with Crippen LogP contribution in [0.15, 0.2) is 59.5 Å². The molecule has 33 heavy (non-hydrogen) atoms. The number of fused-ring (bicyclic) bond motifs is 1. The number of hydrogen-bond donors (Lipinski definition) is 1. The van der Waals surface area contributed by atoms with Crippen LogP contribution in [-0.4, -0.2) is 71.7 Å². The lowest BCUT2D eigenvalue weighted by Gasteiger charge is -2.53. The fraction of sp³-hybridized carbons (Fsp3) is 0.391. The summed E-state index contributed by atoms with van der Waals surface area (Å²) in [6.07, 6.45) is -0.618. The third-order valence-corrected chi connectivity index (χ3v) is 8.31. The highest BCUT2D eigenvalue weighted by molar-refractivity contribution is 7.89. The molecule has 2 saturated heterocycles. The van der Waals surface area contributed by atoms with Gasteiger partial charge in [-0.1, -0.05) is 41.9 Å². The lowest BCUT2D eigenvalue weighted by atomic mass is 9.96. The molecule has 3 atom stereocenters. The van der Waals surface area contributed by atoms with Crippen molar-refractivity contribution in [2.24, 2.45) is 5.73 Å². The van der Waals surface area contributed by atoms with Gasteiger partial charge in [-0.3, -0.25) is 9.59 Å². The number of piperazine rings is 1. The number of carbonyl (C=O) groups is 2. The Morgan fingerprint density at radius 3 is 2.24 bits per heavy atom. The second-order valence-electron chi connectivity index (χ2n) is 8.65. The number of halogens is 1. The largest absolute Gasteiger partial charge is 0.335 e. The molecule has 10 heteroatoms. The van der Waals surface area contributed by atoms with E-state index in [1.165, 1.54) is 21.3 Å². The normalized spacial score (nSPS) is 24.3. The molecule has 2 aliphatic heterocycles. The van der Waals surface area contributed by atoms with E-state index < -0.39 is 34.2 Å². The maximum Gasteiger partial charge on any atom is 0.246 e. The quantitative estimate of drug-likeness (QED) is 0.686. The van der Waals surface area contributed by atoms with E-state index in [9.17, 15) is 18.0 Å². The van der Waals surface area contributed by atoms with Crippen LogP contribution < -0.4 is 5.73 Å². The summed E-state index contributed by atoms with van der Waals surface area (Å²) in [5.41, 5.74) is 6.94. The summed E-state index contributed by atoms with van der Waals surface area (Å²) in [6.45, 7) is 3.68. The SMILES string of the molecule is CC(C)N1CC2N(C(=O)C(N)CN2S(=O)(=O)c2ccccc2)C(Cc2ccc(Cl)cc2)C1=O. The molecule has 2 fully saturated rings. The highest BCUT2D eigenvalue weighted by atomic mass is 35.5. The lowest BCUT2D eigenvalue weighted by Crippen LogP contribution is -2.75. The number of rotatable bonds is 5. The minimum Gasteiger partial charge on any atom is -0.335 e. The molecule has 0 spiro atoms. The highest BCUT2D eigenvalue weighted by Crippen LogP contribution is 2.32. The van der Waals surface area contributed by atoms with Crippen LogP contribution in [-0.2, 0) is 26.0 Å². The van der Waals surface area contributed by atoms with Crippen molar-refractivity contribution in [3.8, 4) is 0 Å². The van der Waals surface area contributed by atoms with E-state index in [1.807, 2.05) is 13.8 Å². The molecule has 3 unspecified atom stereocenters. The molecular formula is C23H27ClN4O4S. The predicted octanol–water partition coefficient (Wildman–Crippen LogP) is 1.69. The minimum absolute atomic E-state index is 0.0815. The zero-order chi connectivity index (χ0) is 23.9. The van der Waals surface area contributed by atoms with Crippen molar-refractivity contribution in [2.75, 3.05) is 13.1 Å². The van der Waals surface area contributed by atoms with Crippen LogP contribution in [0, 0.1) is 0 Å². The van der Waals surface area contributed by atoms with E-state index in [0.29, 0.717) is 5.02 Å². The monoisotopic (exact) mass is 490 g/mol. The maximum absolute atomic E-state index is 13.6. The smallest absolute Gasteiger partial charge is 0.246 e. The number of amides is 2. The van der Waals surface area contributed by atoms with Gasteiger partial charge in [0.1, 0.15) is 12.2 Å². The average molecular weight is 491 g/mol. The van der Waals surface area contributed by atoms with Crippen molar-refractivity contribution in [1.29, 1.82) is 0 Å². The third kappa shape index (κ3) is 4.38. The Labute approximate surface area is 198 Å². The van der Waals surface area contributed by atoms with Gasteiger partial charge in [0.15, 0.2) is 0 Å². The van der Waals surface area contributed by atoms with Crippen molar-refractivity contribution >= 4 is 33.4 Å². The van der Waals surface area contributed by atoms with Crippen LogP contribution in [0.4, 0.5) is 0 Å². The van der Waals surface area contributed by atoms with Gasteiger partial charge < -0.3 is 15.5 Å². The molecule has 2 aromatic carbocycles. The molecule has 176 valence electrons. The molecule has 0 radical (unpaired) electrons. The first-order valence-electron chi connectivity index (χ1n) is 10.8. The number of hydrogen-bond acceptors (Lipinski definition) is 5. The van der Waals surface area contributed by atoms with Gasteiger partial charge >= 0.3 is 0 Å². The van der Waals surface area contributed by atoms with Crippen LogP contribution in [0.2, 0.25) is 5.02 Å². The topological polar surface area (TPSA) is 104 Å². The van der Waals surface area contributed by atoms with Gasteiger partial charge in [0.2, 0.25) is 21.8 Å². The van der Waals surface area contributed by atoms with E-state index in [2.05, 4.69) is 0 Å². The number of carbonyl (C=O) groups excluding carboxylic acids is 2. The number of nitrogens with two attached hydrogens (primary N) is 1. The van der Waals surface area contributed by atoms with E-state index in [-0.39, 0.29) is 36.4 Å². The molecule has 0 aliphatic carbocycles. The van der Waals surface area contributed by atoms with Crippen molar-refractivity contribution in [1.82, 2.24) is 14.1 Å². The Kier molecular flexibility index (Phi) is 6.50. The van der Waals surface area contributed by atoms with Crippen molar-refractivity contribution in [2.45, 2.75) is 49.5 Å². The molecule has 2 aromatic rings. The fourth-order valence-electron chi connectivity index (χ4n) is 4.47. The molecule has 4 rings (SSSR count). The van der Waals surface area contributed by atoms with Gasteiger partial charge in [0.25, 0.3) is 0 Å². The Bertz CT molecular complexity index is 1140. The fourth-order valence-corrected chi connectivity index (χ4v) is 6.21. The Hall–Kier alpha value is -2.46. The summed E-state index contributed by atoms with van der Waals surface area (Å²) in [7, 11) is -3.95. The maximum atomic E-state index is 13.6. The average Bonchev–Trinajstić information content (AvgIpc) is 2.79. The van der Waals surface area contributed by atoms with Crippen LogP contribution >= 0.6 is 11.6 Å². The molecule has 2 amide bonds.